The van der Waals surface area contributed by atoms with Gasteiger partial charge in [-0.1, -0.05) is 25.1 Å². The smallest absolute Gasteiger partial charge is 0.158 e. The molecule has 1 heterocycles. The van der Waals surface area contributed by atoms with Crippen molar-refractivity contribution in [2.75, 3.05) is 18.2 Å². The average Bonchev–Trinajstić information content (AvgIpc) is 2.39. The number of nitrogens with one attached hydrogen (secondary N) is 1. The Labute approximate surface area is 112 Å². The first-order valence-electron chi connectivity index (χ1n) is 6.20. The minimum atomic E-state index is 0.342. The van der Waals surface area contributed by atoms with E-state index in [-0.39, 0.29) is 0 Å². The van der Waals surface area contributed by atoms with Gasteiger partial charge in [-0.3, -0.25) is 0 Å². The summed E-state index contributed by atoms with van der Waals surface area (Å²) < 4.78 is 5.02. The van der Waals surface area contributed by atoms with Crippen LogP contribution in [0.3, 0.4) is 0 Å². The summed E-state index contributed by atoms with van der Waals surface area (Å²) in [5, 5.41) is 3.28. The van der Waals surface area contributed by atoms with Crippen LogP contribution >= 0.6 is 0 Å². The molecule has 0 aliphatic rings. The maximum Gasteiger partial charge on any atom is 0.158 e. The summed E-state index contributed by atoms with van der Waals surface area (Å²) in [7, 11) is 1.60. The molecule has 0 bridgehead atoms. The summed E-state index contributed by atoms with van der Waals surface area (Å²) >= 11 is 0. The number of anilines is 3. The lowest BCUT2D eigenvalue weighted by Crippen LogP contribution is -2.05. The lowest BCUT2D eigenvalue weighted by Gasteiger charge is -2.11. The van der Waals surface area contributed by atoms with Crippen molar-refractivity contribution in [3.63, 3.8) is 0 Å². The molecule has 0 saturated heterocycles. The van der Waals surface area contributed by atoms with Gasteiger partial charge in [-0.05, 0) is 18.1 Å². The monoisotopic (exact) mass is 258 g/mol. The van der Waals surface area contributed by atoms with E-state index in [0.717, 1.165) is 12.1 Å². The molecule has 0 fully saturated rings. The second kappa shape index (κ2) is 6.15. The van der Waals surface area contributed by atoms with Gasteiger partial charge in [0.1, 0.15) is 18.2 Å². The fourth-order valence-corrected chi connectivity index (χ4v) is 1.86. The largest absolute Gasteiger partial charge is 0.384 e. The topological polar surface area (TPSA) is 73.1 Å². The van der Waals surface area contributed by atoms with Crippen LogP contribution in [-0.4, -0.2) is 17.1 Å². The molecule has 5 nitrogen and oxygen atoms in total. The molecule has 2 rings (SSSR count). The number of nitrogen functional groups attached to an aromatic ring is 1. The first-order valence-corrected chi connectivity index (χ1v) is 6.20. The van der Waals surface area contributed by atoms with Crippen molar-refractivity contribution in [1.82, 2.24) is 9.97 Å². The molecule has 0 spiro atoms. The number of nitrogens with two attached hydrogens (primary N) is 1. The maximum atomic E-state index is 5.77. The van der Waals surface area contributed by atoms with E-state index in [1.807, 2.05) is 18.2 Å². The fraction of sp³-hybridized carbons (Fsp3) is 0.286. The van der Waals surface area contributed by atoms with Crippen LogP contribution in [0.2, 0.25) is 0 Å². The maximum absolute atomic E-state index is 5.77. The van der Waals surface area contributed by atoms with E-state index in [1.54, 1.807) is 13.2 Å². The molecule has 0 atom stereocenters. The van der Waals surface area contributed by atoms with Crippen LogP contribution in [0.15, 0.2) is 30.3 Å². The third-order valence-corrected chi connectivity index (χ3v) is 2.73. The molecule has 3 N–H and O–H groups in total. The molecule has 5 heteroatoms. The number of methoxy groups -OCH3 is 1. The van der Waals surface area contributed by atoms with Crippen LogP contribution in [0.25, 0.3) is 0 Å². The summed E-state index contributed by atoms with van der Waals surface area (Å²) in [6.45, 7) is 2.46. The summed E-state index contributed by atoms with van der Waals surface area (Å²) in [5.41, 5.74) is 8.03. The Morgan fingerprint density at radius 2 is 2.05 bits per heavy atom. The number of rotatable bonds is 5. The van der Waals surface area contributed by atoms with Crippen LogP contribution in [0.1, 0.15) is 18.3 Å². The van der Waals surface area contributed by atoms with E-state index < -0.39 is 0 Å². The van der Waals surface area contributed by atoms with E-state index in [9.17, 15) is 0 Å². The number of para-hydroxylation sites is 1. The predicted octanol–water partition coefficient (Wildman–Crippen LogP) is 2.51. The molecular weight excluding hydrogens is 240 g/mol. The minimum Gasteiger partial charge on any atom is -0.384 e. The van der Waals surface area contributed by atoms with Gasteiger partial charge in [0, 0.05) is 18.9 Å². The highest BCUT2D eigenvalue weighted by atomic mass is 16.5. The van der Waals surface area contributed by atoms with Gasteiger partial charge < -0.3 is 15.8 Å². The van der Waals surface area contributed by atoms with Crippen molar-refractivity contribution in [3.05, 3.63) is 41.7 Å². The number of nitrogens with zero attached hydrogens (tertiary/aromatic N) is 2. The SMILES string of the molecule is CCc1ccccc1Nc1cc(N)nc(COC)n1. The lowest BCUT2D eigenvalue weighted by molar-refractivity contribution is 0.178. The van der Waals surface area contributed by atoms with Gasteiger partial charge in [-0.2, -0.15) is 0 Å². The minimum absolute atomic E-state index is 0.342. The molecule has 0 amide bonds. The Kier molecular flexibility index (Phi) is 4.30. The normalized spacial score (nSPS) is 10.4. The zero-order valence-corrected chi connectivity index (χ0v) is 11.2. The Balaban J connectivity index is 2.27. The molecule has 0 saturated carbocycles. The van der Waals surface area contributed by atoms with E-state index in [0.29, 0.717) is 24.1 Å². The molecule has 0 radical (unpaired) electrons. The van der Waals surface area contributed by atoms with E-state index in [2.05, 4.69) is 28.3 Å². The Morgan fingerprint density at radius 3 is 2.79 bits per heavy atom. The van der Waals surface area contributed by atoms with Gasteiger partial charge in [-0.25, -0.2) is 9.97 Å². The lowest BCUT2D eigenvalue weighted by atomic mass is 10.1. The highest BCUT2D eigenvalue weighted by Gasteiger charge is 2.05. The third-order valence-electron chi connectivity index (χ3n) is 2.73. The van der Waals surface area contributed by atoms with Gasteiger partial charge in [0.2, 0.25) is 0 Å². The molecule has 2 aromatic rings. The number of benzene rings is 1. The van der Waals surface area contributed by atoms with Crippen molar-refractivity contribution in [1.29, 1.82) is 0 Å². The van der Waals surface area contributed by atoms with Crippen LogP contribution < -0.4 is 11.1 Å². The number of aryl methyl sites for hydroxylation is 1. The van der Waals surface area contributed by atoms with E-state index >= 15 is 0 Å². The quantitative estimate of drug-likeness (QED) is 0.862. The van der Waals surface area contributed by atoms with Crippen molar-refractivity contribution >= 4 is 17.3 Å². The molecule has 0 unspecified atom stereocenters. The standard InChI is InChI=1S/C14H18N4O/c1-3-10-6-4-5-7-11(10)16-13-8-12(15)17-14(18-13)9-19-2/h4-8H,3,9H2,1-2H3,(H3,15,16,17,18). The van der Waals surface area contributed by atoms with Crippen LogP contribution in [0.5, 0.6) is 0 Å². The number of hydrogen-bond donors (Lipinski definition) is 2. The second-order valence-electron chi connectivity index (χ2n) is 4.16. The van der Waals surface area contributed by atoms with Crippen molar-refractivity contribution in [2.24, 2.45) is 0 Å². The van der Waals surface area contributed by atoms with Gasteiger partial charge in [0.05, 0.1) is 0 Å². The average molecular weight is 258 g/mol. The molecule has 19 heavy (non-hydrogen) atoms. The zero-order valence-electron chi connectivity index (χ0n) is 11.2. The van der Waals surface area contributed by atoms with Gasteiger partial charge >= 0.3 is 0 Å². The van der Waals surface area contributed by atoms with Gasteiger partial charge in [0.15, 0.2) is 5.82 Å². The predicted molar refractivity (Wildman–Crippen MR) is 76.3 cm³/mol. The molecular formula is C14H18N4O. The van der Waals surface area contributed by atoms with Crippen molar-refractivity contribution in [2.45, 2.75) is 20.0 Å². The molecule has 100 valence electrons. The summed E-state index contributed by atoms with van der Waals surface area (Å²) in [4.78, 5) is 8.48. The second-order valence-corrected chi connectivity index (χ2v) is 4.16. The molecule has 1 aromatic carbocycles. The highest BCUT2D eigenvalue weighted by molar-refractivity contribution is 5.62. The number of hydrogen-bond acceptors (Lipinski definition) is 5. The van der Waals surface area contributed by atoms with Crippen molar-refractivity contribution in [3.8, 4) is 0 Å². The van der Waals surface area contributed by atoms with E-state index in [1.165, 1.54) is 5.56 Å². The summed E-state index contributed by atoms with van der Waals surface area (Å²) in [6, 6.07) is 9.83. The first-order chi connectivity index (χ1) is 9.22. The molecule has 1 aromatic heterocycles. The third kappa shape index (κ3) is 3.42. The highest BCUT2D eigenvalue weighted by Crippen LogP contribution is 2.21. The number of aromatic nitrogens is 2. The summed E-state index contributed by atoms with van der Waals surface area (Å²) in [6.07, 6.45) is 0.953. The van der Waals surface area contributed by atoms with E-state index in [4.69, 9.17) is 10.5 Å². The van der Waals surface area contributed by atoms with Crippen molar-refractivity contribution < 1.29 is 4.74 Å². The van der Waals surface area contributed by atoms with Crippen LogP contribution in [0.4, 0.5) is 17.3 Å². The van der Waals surface area contributed by atoms with Gasteiger partial charge in [-0.15, -0.1) is 0 Å². The Hall–Kier alpha value is -2.14. The fourth-order valence-electron chi connectivity index (χ4n) is 1.86. The zero-order chi connectivity index (χ0) is 13.7. The summed E-state index contributed by atoms with van der Waals surface area (Å²) in [5.74, 6) is 1.68. The molecule has 0 aliphatic heterocycles. The van der Waals surface area contributed by atoms with Gasteiger partial charge in [0.25, 0.3) is 0 Å². The Bertz CT molecular complexity index is 557. The molecule has 0 aliphatic carbocycles. The number of ether oxygens (including phenoxy) is 1. The first kappa shape index (κ1) is 13.3. The Morgan fingerprint density at radius 1 is 1.26 bits per heavy atom. The van der Waals surface area contributed by atoms with Crippen LogP contribution in [-0.2, 0) is 17.8 Å². The van der Waals surface area contributed by atoms with Crippen LogP contribution in [0, 0.1) is 0 Å².